The first-order valence-electron chi connectivity index (χ1n) is 8.55. The third-order valence-electron chi connectivity index (χ3n) is 5.95. The Morgan fingerprint density at radius 2 is 1.38 bits per heavy atom. The smallest absolute Gasteiger partial charge is 0.102 e. The number of likely N-dealkylation sites (tertiary alicyclic amines) is 1. The number of piperidine rings is 1. The molecule has 0 aromatic heterocycles. The van der Waals surface area contributed by atoms with E-state index in [9.17, 15) is 0 Å². The quantitative estimate of drug-likeness (QED) is 0.399. The molecule has 0 saturated carbocycles. The van der Waals surface area contributed by atoms with Gasteiger partial charge in [-0.1, -0.05) is 61.5 Å². The Labute approximate surface area is 133 Å². The molecular weight excluding hydrogens is 256 g/mol. The summed E-state index contributed by atoms with van der Waals surface area (Å²) >= 11 is 0. The van der Waals surface area contributed by atoms with Crippen LogP contribution in [0, 0.1) is 21.7 Å². The molecule has 1 aliphatic rings. The average Bonchev–Trinajstić information content (AvgIpc) is 2.48. The molecule has 0 radical (unpaired) electrons. The van der Waals surface area contributed by atoms with Crippen molar-refractivity contribution >= 4 is 5.84 Å². The van der Waals surface area contributed by atoms with Crippen molar-refractivity contribution in [1.82, 2.24) is 4.90 Å². The van der Waals surface area contributed by atoms with Gasteiger partial charge in [0.25, 0.3) is 0 Å². The van der Waals surface area contributed by atoms with Gasteiger partial charge in [0.1, 0.15) is 5.84 Å². The van der Waals surface area contributed by atoms with Crippen molar-refractivity contribution in [3.8, 4) is 0 Å². The summed E-state index contributed by atoms with van der Waals surface area (Å²) in [5.74, 6) is 0.798. The highest BCUT2D eigenvalue weighted by Crippen LogP contribution is 2.52. The molecular formula is C19H38N2. The molecule has 2 heteroatoms. The lowest BCUT2D eigenvalue weighted by molar-refractivity contribution is 0.0503. The number of nitrogens with one attached hydrogen (secondary N) is 1. The second-order valence-electron chi connectivity index (χ2n) is 7.57. The lowest BCUT2D eigenvalue weighted by atomic mass is 9.54. The van der Waals surface area contributed by atoms with Crippen LogP contribution < -0.4 is 0 Å². The maximum absolute atomic E-state index is 8.69. The van der Waals surface area contributed by atoms with Crippen LogP contribution in [0.4, 0.5) is 0 Å². The molecule has 0 atom stereocenters. The molecule has 21 heavy (non-hydrogen) atoms. The van der Waals surface area contributed by atoms with Gasteiger partial charge in [-0.3, -0.25) is 5.41 Å². The molecule has 1 fully saturated rings. The van der Waals surface area contributed by atoms with Crippen LogP contribution in [0.5, 0.6) is 0 Å². The predicted molar refractivity (Wildman–Crippen MR) is 96.0 cm³/mol. The van der Waals surface area contributed by atoms with E-state index in [4.69, 9.17) is 5.41 Å². The number of nitrogens with zero attached hydrogens (tertiary/aromatic N) is 1. The van der Waals surface area contributed by atoms with Crippen molar-refractivity contribution in [1.29, 1.82) is 5.41 Å². The SMILES string of the molecule is C=CC(C)(C)C(C)(C)C(C)(C)C(=N)N1CCCCC1.CC. The molecule has 2 nitrogen and oxygen atoms in total. The summed E-state index contributed by atoms with van der Waals surface area (Å²) in [6.45, 7) is 23.5. The van der Waals surface area contributed by atoms with Crippen LogP contribution in [-0.4, -0.2) is 23.8 Å². The van der Waals surface area contributed by atoms with Gasteiger partial charge in [-0.25, -0.2) is 0 Å². The van der Waals surface area contributed by atoms with E-state index in [2.05, 4.69) is 53.0 Å². The lowest BCUT2D eigenvalue weighted by Crippen LogP contribution is -2.53. The highest BCUT2D eigenvalue weighted by atomic mass is 15.2. The molecule has 1 saturated heterocycles. The summed E-state index contributed by atoms with van der Waals surface area (Å²) in [6, 6.07) is 0. The molecule has 124 valence electrons. The van der Waals surface area contributed by atoms with Gasteiger partial charge in [-0.15, -0.1) is 6.58 Å². The van der Waals surface area contributed by atoms with Crippen molar-refractivity contribution < 1.29 is 0 Å². The standard InChI is InChI=1S/C17H32N2.C2H6/c1-8-15(2,3)17(6,7)16(4,5)14(18)19-12-10-9-11-13-19;1-2/h8,18H,1,9-13H2,2-7H3;1-2H3. The Morgan fingerprint density at radius 1 is 0.952 bits per heavy atom. The van der Waals surface area contributed by atoms with Crippen LogP contribution in [-0.2, 0) is 0 Å². The second kappa shape index (κ2) is 7.47. The molecule has 1 heterocycles. The Morgan fingerprint density at radius 3 is 1.76 bits per heavy atom. The van der Waals surface area contributed by atoms with Crippen molar-refractivity contribution in [3.63, 3.8) is 0 Å². The van der Waals surface area contributed by atoms with Gasteiger partial charge in [0, 0.05) is 18.5 Å². The summed E-state index contributed by atoms with van der Waals surface area (Å²) in [4.78, 5) is 2.28. The van der Waals surface area contributed by atoms with Gasteiger partial charge in [-0.2, -0.15) is 0 Å². The number of amidine groups is 1. The molecule has 0 bridgehead atoms. The number of hydrogen-bond acceptors (Lipinski definition) is 1. The van der Waals surface area contributed by atoms with E-state index in [0.29, 0.717) is 0 Å². The molecule has 0 aromatic carbocycles. The normalized spacial score (nSPS) is 16.9. The summed E-state index contributed by atoms with van der Waals surface area (Å²) in [5.41, 5.74) is -0.184. The van der Waals surface area contributed by atoms with Crippen molar-refractivity contribution in [3.05, 3.63) is 12.7 Å². The lowest BCUT2D eigenvalue weighted by Gasteiger charge is -2.53. The van der Waals surface area contributed by atoms with Gasteiger partial charge in [0.2, 0.25) is 0 Å². The fourth-order valence-corrected chi connectivity index (χ4v) is 2.87. The highest BCUT2D eigenvalue weighted by Gasteiger charge is 2.50. The second-order valence-corrected chi connectivity index (χ2v) is 7.57. The van der Waals surface area contributed by atoms with Crippen LogP contribution in [0.15, 0.2) is 12.7 Å². The minimum Gasteiger partial charge on any atom is -0.360 e. The van der Waals surface area contributed by atoms with E-state index in [1.54, 1.807) is 0 Å². The number of allylic oxidation sites excluding steroid dienone is 1. The first kappa shape index (κ1) is 20.2. The van der Waals surface area contributed by atoms with Gasteiger partial charge in [0.05, 0.1) is 0 Å². The molecule has 0 aliphatic carbocycles. The van der Waals surface area contributed by atoms with Crippen LogP contribution in [0.2, 0.25) is 0 Å². The third kappa shape index (κ3) is 3.90. The van der Waals surface area contributed by atoms with Crippen LogP contribution in [0.3, 0.4) is 0 Å². The number of hydrogen-bond donors (Lipinski definition) is 1. The Kier molecular flexibility index (Phi) is 7.19. The zero-order chi connectivity index (χ0) is 16.9. The third-order valence-corrected chi connectivity index (χ3v) is 5.95. The summed E-state index contributed by atoms with van der Waals surface area (Å²) < 4.78 is 0. The van der Waals surface area contributed by atoms with Crippen LogP contribution in [0.25, 0.3) is 0 Å². The zero-order valence-electron chi connectivity index (χ0n) is 15.8. The average molecular weight is 295 g/mol. The van der Waals surface area contributed by atoms with E-state index in [-0.39, 0.29) is 16.2 Å². The molecule has 1 N–H and O–H groups in total. The van der Waals surface area contributed by atoms with Crippen molar-refractivity contribution in [2.75, 3.05) is 13.1 Å². The minimum atomic E-state index is -0.165. The summed E-state index contributed by atoms with van der Waals surface area (Å²) in [6.07, 6.45) is 5.80. The molecule has 0 aromatic rings. The number of rotatable bonds is 4. The van der Waals surface area contributed by atoms with Crippen LogP contribution >= 0.6 is 0 Å². The first-order valence-corrected chi connectivity index (χ1v) is 8.55. The topological polar surface area (TPSA) is 27.1 Å². The van der Waals surface area contributed by atoms with E-state index in [1.807, 2.05) is 19.9 Å². The molecule has 1 aliphatic heterocycles. The first-order chi connectivity index (χ1) is 9.58. The van der Waals surface area contributed by atoms with E-state index in [1.165, 1.54) is 19.3 Å². The Bertz CT molecular complexity index is 345. The van der Waals surface area contributed by atoms with E-state index >= 15 is 0 Å². The van der Waals surface area contributed by atoms with E-state index in [0.717, 1.165) is 18.9 Å². The monoisotopic (exact) mass is 294 g/mol. The predicted octanol–water partition coefficient (Wildman–Crippen LogP) is 5.74. The molecule has 1 rings (SSSR count). The summed E-state index contributed by atoms with van der Waals surface area (Å²) in [7, 11) is 0. The largest absolute Gasteiger partial charge is 0.360 e. The van der Waals surface area contributed by atoms with Crippen molar-refractivity contribution in [2.24, 2.45) is 16.2 Å². The van der Waals surface area contributed by atoms with Crippen LogP contribution in [0.1, 0.15) is 74.7 Å². The van der Waals surface area contributed by atoms with Gasteiger partial charge in [-0.05, 0) is 30.1 Å². The maximum atomic E-state index is 8.69. The van der Waals surface area contributed by atoms with Gasteiger partial charge >= 0.3 is 0 Å². The molecule has 0 spiro atoms. The van der Waals surface area contributed by atoms with E-state index < -0.39 is 0 Å². The minimum absolute atomic E-state index is 0.00140. The maximum Gasteiger partial charge on any atom is 0.102 e. The van der Waals surface area contributed by atoms with Gasteiger partial charge in [0.15, 0.2) is 0 Å². The zero-order valence-corrected chi connectivity index (χ0v) is 15.8. The van der Waals surface area contributed by atoms with Crippen molar-refractivity contribution in [2.45, 2.75) is 74.7 Å². The van der Waals surface area contributed by atoms with Gasteiger partial charge < -0.3 is 4.90 Å². The summed E-state index contributed by atoms with van der Waals surface area (Å²) in [5, 5.41) is 8.69. The molecule has 0 amide bonds. The highest BCUT2D eigenvalue weighted by molar-refractivity contribution is 5.85. The fraction of sp³-hybridized carbons (Fsp3) is 0.842. The Balaban J connectivity index is 0.00000191. The molecule has 0 unspecified atom stereocenters. The fourth-order valence-electron chi connectivity index (χ4n) is 2.87. The Hall–Kier alpha value is -0.790.